The van der Waals surface area contributed by atoms with Crippen molar-refractivity contribution in [2.75, 3.05) is 33.3 Å². The lowest BCUT2D eigenvalue weighted by atomic mass is 9.76. The third-order valence-corrected chi connectivity index (χ3v) is 7.80. The Balaban J connectivity index is 1.16. The van der Waals surface area contributed by atoms with Crippen LogP contribution in [0.2, 0.25) is 0 Å². The SMILES string of the molecule is COc1ccc(CCN2C(=O)N[C@@H](CC(=O)N3CC4CC(C3)C3CCCC(=O)N3C4)C2=O)cc1. The highest BCUT2D eigenvalue weighted by Gasteiger charge is 2.46. The maximum atomic E-state index is 13.1. The van der Waals surface area contributed by atoms with Gasteiger partial charge in [-0.05, 0) is 55.2 Å². The van der Waals surface area contributed by atoms with E-state index in [1.165, 1.54) is 4.90 Å². The molecule has 5 rings (SSSR count). The number of hydrogen-bond donors (Lipinski definition) is 1. The van der Waals surface area contributed by atoms with Crippen LogP contribution in [0, 0.1) is 11.8 Å². The average molecular weight is 469 g/mol. The van der Waals surface area contributed by atoms with Gasteiger partial charge in [0.25, 0.3) is 5.91 Å². The summed E-state index contributed by atoms with van der Waals surface area (Å²) < 4.78 is 5.16. The van der Waals surface area contributed by atoms with Crippen molar-refractivity contribution in [3.05, 3.63) is 29.8 Å². The van der Waals surface area contributed by atoms with Crippen LogP contribution in [0.25, 0.3) is 0 Å². The second-order valence-electron chi connectivity index (χ2n) is 9.96. The van der Waals surface area contributed by atoms with Crippen LogP contribution in [-0.2, 0) is 20.8 Å². The van der Waals surface area contributed by atoms with Crippen molar-refractivity contribution in [1.29, 1.82) is 0 Å². The first kappa shape index (κ1) is 22.7. The molecule has 0 saturated carbocycles. The molecule has 4 atom stereocenters. The molecule has 0 aromatic heterocycles. The second kappa shape index (κ2) is 9.27. The van der Waals surface area contributed by atoms with Gasteiger partial charge in [0.2, 0.25) is 11.8 Å². The standard InChI is InChI=1S/C25H32N4O5/c1-34-19-7-5-16(6-8-19)9-10-28-24(32)20(26-25(28)33)12-23(31)27-13-17-11-18(15-27)21-3-2-4-22(30)29(21)14-17/h5-8,17-18,20-21H,2-4,9-15H2,1H3,(H,26,33)/t17?,18?,20-,21?/m0/s1. The van der Waals surface area contributed by atoms with E-state index >= 15 is 0 Å². The molecular weight excluding hydrogens is 436 g/mol. The first-order chi connectivity index (χ1) is 16.4. The summed E-state index contributed by atoms with van der Waals surface area (Å²) in [5, 5.41) is 2.70. The summed E-state index contributed by atoms with van der Waals surface area (Å²) in [7, 11) is 1.60. The molecule has 4 heterocycles. The molecule has 1 aromatic rings. The minimum atomic E-state index is -0.814. The number of piperidine rings is 3. The Hall–Kier alpha value is -3.10. The fourth-order valence-electron chi connectivity index (χ4n) is 6.08. The summed E-state index contributed by atoms with van der Waals surface area (Å²) in [6.45, 7) is 2.23. The van der Waals surface area contributed by atoms with Gasteiger partial charge in [0.05, 0.1) is 13.5 Å². The van der Waals surface area contributed by atoms with E-state index in [-0.39, 0.29) is 42.6 Å². The molecule has 0 spiro atoms. The molecule has 0 aliphatic carbocycles. The predicted octanol–water partition coefficient (Wildman–Crippen LogP) is 1.41. The van der Waals surface area contributed by atoms with Gasteiger partial charge in [-0.1, -0.05) is 12.1 Å². The number of hydrogen-bond acceptors (Lipinski definition) is 5. The fraction of sp³-hybridized carbons (Fsp3) is 0.600. The van der Waals surface area contributed by atoms with Crippen LogP contribution >= 0.6 is 0 Å². The summed E-state index contributed by atoms with van der Waals surface area (Å²) >= 11 is 0. The van der Waals surface area contributed by atoms with E-state index in [1.807, 2.05) is 34.1 Å². The van der Waals surface area contributed by atoms with Crippen LogP contribution in [0.15, 0.2) is 24.3 Å². The van der Waals surface area contributed by atoms with Crippen LogP contribution in [0.5, 0.6) is 5.75 Å². The third kappa shape index (κ3) is 4.35. The zero-order chi connectivity index (χ0) is 23.8. The second-order valence-corrected chi connectivity index (χ2v) is 9.96. The number of imide groups is 1. The first-order valence-corrected chi connectivity index (χ1v) is 12.2. The molecule has 182 valence electrons. The summed E-state index contributed by atoms with van der Waals surface area (Å²) in [6.07, 6.45) is 4.13. The van der Waals surface area contributed by atoms with Crippen molar-refractivity contribution in [2.45, 2.75) is 50.6 Å². The number of fused-ring (bicyclic) bond motifs is 4. The van der Waals surface area contributed by atoms with Gasteiger partial charge in [0.1, 0.15) is 11.8 Å². The van der Waals surface area contributed by atoms with Gasteiger partial charge in [-0.15, -0.1) is 0 Å². The van der Waals surface area contributed by atoms with Gasteiger partial charge < -0.3 is 19.9 Å². The third-order valence-electron chi connectivity index (χ3n) is 7.80. The van der Waals surface area contributed by atoms with E-state index in [1.54, 1.807) is 7.11 Å². The first-order valence-electron chi connectivity index (χ1n) is 12.2. The molecule has 9 nitrogen and oxygen atoms in total. The number of urea groups is 1. The largest absolute Gasteiger partial charge is 0.497 e. The smallest absolute Gasteiger partial charge is 0.324 e. The van der Waals surface area contributed by atoms with E-state index in [2.05, 4.69) is 5.32 Å². The number of likely N-dealkylation sites (tertiary alicyclic amines) is 1. The Labute approximate surface area is 199 Å². The number of methoxy groups -OCH3 is 1. The minimum absolute atomic E-state index is 0.0175. The van der Waals surface area contributed by atoms with E-state index in [0.717, 1.165) is 37.1 Å². The van der Waals surface area contributed by atoms with Gasteiger partial charge in [-0.25, -0.2) is 4.79 Å². The summed E-state index contributed by atoms with van der Waals surface area (Å²) in [6, 6.07) is 6.49. The monoisotopic (exact) mass is 468 g/mol. The normalized spacial score (nSPS) is 28.6. The van der Waals surface area contributed by atoms with E-state index in [9.17, 15) is 19.2 Å². The minimum Gasteiger partial charge on any atom is -0.497 e. The van der Waals surface area contributed by atoms with E-state index in [4.69, 9.17) is 4.74 Å². The molecule has 4 aliphatic heterocycles. The summed E-state index contributed by atoms with van der Waals surface area (Å²) in [5.41, 5.74) is 0.996. The average Bonchev–Trinajstić information content (AvgIpc) is 3.10. The highest BCUT2D eigenvalue weighted by Crippen LogP contribution is 2.38. The lowest BCUT2D eigenvalue weighted by Gasteiger charge is -2.52. The molecule has 34 heavy (non-hydrogen) atoms. The molecule has 4 saturated heterocycles. The zero-order valence-corrected chi connectivity index (χ0v) is 19.6. The highest BCUT2D eigenvalue weighted by atomic mass is 16.5. The summed E-state index contributed by atoms with van der Waals surface area (Å²) in [5.74, 6) is 1.15. The van der Waals surface area contributed by atoms with Crippen molar-refractivity contribution >= 4 is 23.8 Å². The number of carbonyl (C=O) groups excluding carboxylic acids is 4. The van der Waals surface area contributed by atoms with Crippen LogP contribution < -0.4 is 10.1 Å². The van der Waals surface area contributed by atoms with E-state index in [0.29, 0.717) is 31.8 Å². The molecule has 3 unspecified atom stereocenters. The van der Waals surface area contributed by atoms with Crippen molar-refractivity contribution < 1.29 is 23.9 Å². The Morgan fingerprint density at radius 2 is 1.91 bits per heavy atom. The van der Waals surface area contributed by atoms with Crippen LogP contribution in [0.3, 0.4) is 0 Å². The number of amides is 5. The van der Waals surface area contributed by atoms with Gasteiger partial charge in [-0.2, -0.15) is 0 Å². The number of rotatable bonds is 6. The van der Waals surface area contributed by atoms with Crippen LogP contribution in [-0.4, -0.2) is 83.8 Å². The predicted molar refractivity (Wildman–Crippen MR) is 123 cm³/mol. The van der Waals surface area contributed by atoms with Gasteiger partial charge >= 0.3 is 6.03 Å². The number of ether oxygens (including phenoxy) is 1. The maximum absolute atomic E-state index is 13.1. The molecular formula is C25H32N4O5. The molecule has 5 amide bonds. The molecule has 4 aliphatic rings. The maximum Gasteiger partial charge on any atom is 0.324 e. The number of nitrogens with one attached hydrogen (secondary N) is 1. The molecule has 2 bridgehead atoms. The van der Waals surface area contributed by atoms with Crippen molar-refractivity contribution in [2.24, 2.45) is 11.8 Å². The lowest BCUT2D eigenvalue weighted by molar-refractivity contribution is -0.149. The van der Waals surface area contributed by atoms with Crippen molar-refractivity contribution in [3.8, 4) is 5.75 Å². The summed E-state index contributed by atoms with van der Waals surface area (Å²) in [4.78, 5) is 55.9. The van der Waals surface area contributed by atoms with Crippen LogP contribution in [0.1, 0.15) is 37.7 Å². The number of benzene rings is 1. The van der Waals surface area contributed by atoms with E-state index < -0.39 is 12.1 Å². The molecule has 9 heteroatoms. The Kier molecular flexibility index (Phi) is 6.18. The zero-order valence-electron chi connectivity index (χ0n) is 19.6. The van der Waals surface area contributed by atoms with Gasteiger partial charge in [-0.3, -0.25) is 19.3 Å². The number of carbonyl (C=O) groups is 4. The topological polar surface area (TPSA) is 99.3 Å². The van der Waals surface area contributed by atoms with Gasteiger partial charge in [0.15, 0.2) is 0 Å². The Morgan fingerprint density at radius 1 is 1.12 bits per heavy atom. The Bertz CT molecular complexity index is 980. The molecule has 1 aromatic carbocycles. The molecule has 4 fully saturated rings. The highest BCUT2D eigenvalue weighted by molar-refractivity contribution is 6.05. The number of nitrogens with zero attached hydrogens (tertiary/aromatic N) is 3. The molecule has 1 N–H and O–H groups in total. The van der Waals surface area contributed by atoms with Crippen molar-refractivity contribution in [1.82, 2.24) is 20.0 Å². The molecule has 0 radical (unpaired) electrons. The van der Waals surface area contributed by atoms with Gasteiger partial charge in [0, 0.05) is 38.6 Å². The lowest BCUT2D eigenvalue weighted by Crippen LogP contribution is -2.61. The Morgan fingerprint density at radius 3 is 2.68 bits per heavy atom. The quantitative estimate of drug-likeness (QED) is 0.637. The fourth-order valence-corrected chi connectivity index (χ4v) is 6.08. The van der Waals surface area contributed by atoms with Crippen molar-refractivity contribution in [3.63, 3.8) is 0 Å². The van der Waals surface area contributed by atoms with Crippen LogP contribution in [0.4, 0.5) is 4.79 Å².